The van der Waals surface area contributed by atoms with Gasteiger partial charge in [-0.1, -0.05) is 18.2 Å². The number of hydrogen-bond donors (Lipinski definition) is 2. The number of hydrogen-bond acceptors (Lipinski definition) is 8. The van der Waals surface area contributed by atoms with Crippen molar-refractivity contribution in [3.63, 3.8) is 0 Å². The van der Waals surface area contributed by atoms with E-state index in [1.807, 2.05) is 12.1 Å². The maximum Gasteiger partial charge on any atom is 0.184 e. The van der Waals surface area contributed by atoms with Gasteiger partial charge >= 0.3 is 0 Å². The largest absolute Gasteiger partial charge is 0.485 e. The molecule has 3 atom stereocenters. The van der Waals surface area contributed by atoms with Crippen molar-refractivity contribution in [1.29, 1.82) is 0 Å². The van der Waals surface area contributed by atoms with E-state index in [1.54, 1.807) is 11.8 Å². The van der Waals surface area contributed by atoms with E-state index in [2.05, 4.69) is 56.3 Å². The molecule has 2 N–H and O–H groups in total. The number of thioether (sulfide) groups is 1. The normalized spacial score (nSPS) is 29.2. The molecule has 3 aliphatic heterocycles. The number of nitrogens with one attached hydrogen (secondary N) is 1. The molecule has 1 unspecified atom stereocenters. The topological polar surface area (TPSA) is 89.7 Å². The zero-order valence-electron chi connectivity index (χ0n) is 19.4. The number of aromatic nitrogens is 2. The molecule has 0 amide bonds. The number of aliphatic hydroxyl groups is 1. The summed E-state index contributed by atoms with van der Waals surface area (Å²) in [6.07, 6.45) is 2.10. The first-order chi connectivity index (χ1) is 15.2. The van der Waals surface area contributed by atoms with Crippen molar-refractivity contribution in [2.24, 2.45) is 0 Å². The van der Waals surface area contributed by atoms with Crippen molar-refractivity contribution in [2.75, 3.05) is 44.1 Å². The maximum atomic E-state index is 9.87. The third kappa shape index (κ3) is 3.39. The Morgan fingerprint density at radius 1 is 1.31 bits per heavy atom. The second-order valence-corrected chi connectivity index (χ2v) is 11.4. The maximum absolute atomic E-state index is 9.87. The smallest absolute Gasteiger partial charge is 0.184 e. The second-order valence-electron chi connectivity index (χ2n) is 9.96. The van der Waals surface area contributed by atoms with Crippen LogP contribution in [-0.2, 0) is 15.0 Å². The van der Waals surface area contributed by atoms with Crippen LogP contribution in [0.2, 0.25) is 0 Å². The highest BCUT2D eigenvalue weighted by atomic mass is 32.2. The van der Waals surface area contributed by atoms with E-state index >= 15 is 0 Å². The molecule has 5 rings (SSSR count). The fourth-order valence-electron chi connectivity index (χ4n) is 4.77. The highest BCUT2D eigenvalue weighted by Crippen LogP contribution is 2.48. The van der Waals surface area contributed by atoms with Crippen LogP contribution < -0.4 is 15.0 Å². The van der Waals surface area contributed by atoms with Crippen molar-refractivity contribution < 1.29 is 14.6 Å². The van der Waals surface area contributed by atoms with E-state index < -0.39 is 0 Å². The Balaban J connectivity index is 1.69. The van der Waals surface area contributed by atoms with Crippen LogP contribution in [0.4, 0.5) is 5.82 Å². The zero-order chi connectivity index (χ0) is 22.7. The molecule has 2 fully saturated rings. The fourth-order valence-corrected chi connectivity index (χ4v) is 5.10. The summed E-state index contributed by atoms with van der Waals surface area (Å²) in [6.45, 7) is 11.4. The Kier molecular flexibility index (Phi) is 5.20. The van der Waals surface area contributed by atoms with Gasteiger partial charge in [-0.25, -0.2) is 9.97 Å². The summed E-state index contributed by atoms with van der Waals surface area (Å²) in [6, 6.07) is 8.39. The third-order valence-electron chi connectivity index (χ3n) is 7.03. The summed E-state index contributed by atoms with van der Waals surface area (Å²) >= 11 is 1.75. The Hall–Kier alpha value is -1.87. The molecule has 1 aromatic heterocycles. The molecule has 172 valence electrons. The molecule has 0 radical (unpaired) electrons. The lowest BCUT2D eigenvalue weighted by molar-refractivity contribution is 0.00707. The molecular weight excluding hydrogens is 424 g/mol. The van der Waals surface area contributed by atoms with E-state index in [9.17, 15) is 5.11 Å². The summed E-state index contributed by atoms with van der Waals surface area (Å²) in [4.78, 5) is 12.5. The monoisotopic (exact) mass is 456 g/mol. The molecule has 4 heterocycles. The van der Waals surface area contributed by atoms with Gasteiger partial charge < -0.3 is 24.8 Å². The number of anilines is 1. The first kappa shape index (κ1) is 21.9. The lowest BCUT2D eigenvalue weighted by Crippen LogP contribution is -2.64. The summed E-state index contributed by atoms with van der Waals surface area (Å²) < 4.78 is 12.0. The van der Waals surface area contributed by atoms with Crippen LogP contribution in [0.3, 0.4) is 0 Å². The van der Waals surface area contributed by atoms with Crippen molar-refractivity contribution >= 4 is 17.6 Å². The van der Waals surface area contributed by atoms with Crippen molar-refractivity contribution in [3.8, 4) is 17.1 Å². The zero-order valence-corrected chi connectivity index (χ0v) is 20.3. The van der Waals surface area contributed by atoms with E-state index in [0.717, 1.165) is 34.9 Å². The van der Waals surface area contributed by atoms with E-state index in [-0.39, 0.29) is 28.5 Å². The lowest BCUT2D eigenvalue weighted by Gasteiger charge is -2.52. The third-order valence-corrected chi connectivity index (χ3v) is 8.24. The first-order valence-corrected chi connectivity index (χ1v) is 12.4. The van der Waals surface area contributed by atoms with Gasteiger partial charge in [-0.15, -0.1) is 0 Å². The standard InChI is InChI=1S/C24H32N4O3S/c1-15-10-30-13-23(4)14-31-18-19(22(2,3)32-5)26-20(27-21(18)28(15)23)16-7-6-8-17(9-16)24(12-29)11-25-24/h6-9,15,25,29H,10-14H2,1-5H3/t15-,23+,24?/m1/s1. The van der Waals surface area contributed by atoms with Crippen molar-refractivity contribution in [3.05, 3.63) is 35.5 Å². The van der Waals surface area contributed by atoms with Gasteiger partial charge in [0.15, 0.2) is 17.4 Å². The van der Waals surface area contributed by atoms with Gasteiger partial charge in [0.1, 0.15) is 12.3 Å². The molecular formula is C24H32N4O3S. The van der Waals surface area contributed by atoms with Crippen LogP contribution in [-0.4, -0.2) is 65.9 Å². The number of nitrogens with zero attached hydrogens (tertiary/aromatic N) is 3. The van der Waals surface area contributed by atoms with Gasteiger partial charge in [0.05, 0.1) is 41.7 Å². The summed E-state index contributed by atoms with van der Waals surface area (Å²) in [5.41, 5.74) is 2.31. The van der Waals surface area contributed by atoms with Crippen LogP contribution in [0.15, 0.2) is 24.3 Å². The van der Waals surface area contributed by atoms with Crippen LogP contribution in [0.25, 0.3) is 11.4 Å². The SMILES string of the molecule is CSC(C)(C)c1nc(-c2cccc(C3(CO)CN3)c2)nc2c1OC[C@]1(C)COC[C@@H](C)N21. The number of ether oxygens (including phenoxy) is 2. The number of aliphatic hydroxyl groups excluding tert-OH is 1. The molecule has 3 aliphatic rings. The quantitative estimate of drug-likeness (QED) is 0.664. The van der Waals surface area contributed by atoms with Gasteiger partial charge in [0.25, 0.3) is 0 Å². The Morgan fingerprint density at radius 2 is 2.09 bits per heavy atom. The van der Waals surface area contributed by atoms with Crippen LogP contribution in [0.1, 0.15) is 39.0 Å². The van der Waals surface area contributed by atoms with E-state index in [1.165, 1.54) is 0 Å². The fraction of sp³-hybridized carbons (Fsp3) is 0.583. The molecule has 0 spiro atoms. The average molecular weight is 457 g/mol. The van der Waals surface area contributed by atoms with Crippen LogP contribution >= 0.6 is 11.8 Å². The number of fused-ring (bicyclic) bond motifs is 3. The number of morpholine rings is 1. The molecule has 0 bridgehead atoms. The molecule has 0 saturated carbocycles. The molecule has 32 heavy (non-hydrogen) atoms. The van der Waals surface area contributed by atoms with Crippen LogP contribution in [0, 0.1) is 0 Å². The van der Waals surface area contributed by atoms with Gasteiger partial charge in [-0.05, 0) is 45.6 Å². The van der Waals surface area contributed by atoms with E-state index in [0.29, 0.717) is 25.6 Å². The minimum absolute atomic E-state index is 0.0732. The van der Waals surface area contributed by atoms with Crippen LogP contribution in [0.5, 0.6) is 5.75 Å². The minimum Gasteiger partial charge on any atom is -0.485 e. The molecule has 1 aromatic carbocycles. The number of benzene rings is 1. The van der Waals surface area contributed by atoms with Gasteiger partial charge in [0, 0.05) is 12.1 Å². The molecule has 2 aromatic rings. The summed E-state index contributed by atoms with van der Waals surface area (Å²) in [5.74, 6) is 2.32. The Labute approximate surface area is 193 Å². The second kappa shape index (κ2) is 7.58. The summed E-state index contributed by atoms with van der Waals surface area (Å²) in [5, 5.41) is 13.2. The van der Waals surface area contributed by atoms with E-state index in [4.69, 9.17) is 19.4 Å². The van der Waals surface area contributed by atoms with Gasteiger partial charge in [-0.3, -0.25) is 0 Å². The Morgan fingerprint density at radius 3 is 2.78 bits per heavy atom. The van der Waals surface area contributed by atoms with Gasteiger partial charge in [0.2, 0.25) is 0 Å². The van der Waals surface area contributed by atoms with Crippen molar-refractivity contribution in [2.45, 2.75) is 49.6 Å². The van der Waals surface area contributed by atoms with Gasteiger partial charge in [-0.2, -0.15) is 11.8 Å². The Bertz CT molecular complexity index is 1040. The molecule has 2 saturated heterocycles. The first-order valence-electron chi connectivity index (χ1n) is 11.2. The van der Waals surface area contributed by atoms with Crippen molar-refractivity contribution in [1.82, 2.24) is 15.3 Å². The molecule has 0 aliphatic carbocycles. The average Bonchev–Trinajstić information content (AvgIpc) is 3.59. The molecule has 8 heteroatoms. The highest BCUT2D eigenvalue weighted by Gasteiger charge is 2.47. The highest BCUT2D eigenvalue weighted by molar-refractivity contribution is 7.99. The predicted octanol–water partition coefficient (Wildman–Crippen LogP) is 2.91. The number of rotatable bonds is 5. The molecule has 7 nitrogen and oxygen atoms in total. The predicted molar refractivity (Wildman–Crippen MR) is 127 cm³/mol. The minimum atomic E-state index is -0.341. The lowest BCUT2D eigenvalue weighted by atomic mass is 9.94. The summed E-state index contributed by atoms with van der Waals surface area (Å²) in [7, 11) is 0.